The van der Waals surface area contributed by atoms with E-state index >= 15 is 0 Å². The number of nitrogens with one attached hydrogen (secondary N) is 1. The van der Waals surface area contributed by atoms with E-state index in [2.05, 4.69) is 4.98 Å². The zero-order valence-electron chi connectivity index (χ0n) is 18.4. The Morgan fingerprint density at radius 1 is 1.25 bits per heavy atom. The second kappa shape index (κ2) is 10.1. The number of benzene rings is 2. The molecule has 0 fully saturated rings. The van der Waals surface area contributed by atoms with E-state index in [9.17, 15) is 4.79 Å². The zero-order valence-corrected chi connectivity index (χ0v) is 19.9. The molecular weight excluding hydrogens is 447 g/mol. The first kappa shape index (κ1) is 22.8. The van der Waals surface area contributed by atoms with Crippen LogP contribution in [0.2, 0.25) is 5.02 Å². The minimum absolute atomic E-state index is 0.135. The van der Waals surface area contributed by atoms with Gasteiger partial charge < -0.3 is 14.5 Å². The SMILES string of the molecule is CCC(C)OC(=O)N1CCc2c([nH]c3ccc(Cl)cc23)C1c1ccc(OCCCCl)cc1. The lowest BCUT2D eigenvalue weighted by molar-refractivity contribution is 0.0579. The molecule has 5 nitrogen and oxygen atoms in total. The Kier molecular flexibility index (Phi) is 7.17. The maximum Gasteiger partial charge on any atom is 0.410 e. The first-order chi connectivity index (χ1) is 15.5. The molecule has 7 heteroatoms. The summed E-state index contributed by atoms with van der Waals surface area (Å²) >= 11 is 12.0. The average molecular weight is 475 g/mol. The van der Waals surface area contributed by atoms with Gasteiger partial charge in [0.25, 0.3) is 0 Å². The van der Waals surface area contributed by atoms with Crippen LogP contribution in [0.5, 0.6) is 5.75 Å². The predicted molar refractivity (Wildman–Crippen MR) is 129 cm³/mol. The normalized spacial score (nSPS) is 16.6. The van der Waals surface area contributed by atoms with Crippen LogP contribution in [0.1, 0.15) is 49.6 Å². The number of rotatable bonds is 7. The highest BCUT2D eigenvalue weighted by Gasteiger charge is 2.36. The number of carbonyl (C=O) groups excluding carboxylic acids is 1. The van der Waals surface area contributed by atoms with Crippen LogP contribution in [0.4, 0.5) is 4.79 Å². The highest BCUT2D eigenvalue weighted by atomic mass is 35.5. The number of nitrogens with zero attached hydrogens (tertiary/aromatic N) is 1. The van der Waals surface area contributed by atoms with E-state index in [1.807, 2.05) is 61.2 Å². The van der Waals surface area contributed by atoms with Crippen molar-refractivity contribution in [2.45, 2.75) is 45.3 Å². The molecule has 4 rings (SSSR count). The highest BCUT2D eigenvalue weighted by Crippen LogP contribution is 2.40. The molecule has 32 heavy (non-hydrogen) atoms. The molecule has 170 valence electrons. The van der Waals surface area contributed by atoms with Crippen molar-refractivity contribution in [1.82, 2.24) is 9.88 Å². The van der Waals surface area contributed by atoms with Gasteiger partial charge in [-0.15, -0.1) is 11.6 Å². The van der Waals surface area contributed by atoms with Gasteiger partial charge in [0.2, 0.25) is 0 Å². The van der Waals surface area contributed by atoms with Crippen molar-refractivity contribution >= 4 is 40.2 Å². The minimum atomic E-state index is -0.297. The molecule has 2 atom stereocenters. The fraction of sp³-hybridized carbons (Fsp3) is 0.400. The molecule has 2 aromatic carbocycles. The summed E-state index contributed by atoms with van der Waals surface area (Å²) in [7, 11) is 0. The van der Waals surface area contributed by atoms with Crippen LogP contribution in [0.3, 0.4) is 0 Å². The van der Waals surface area contributed by atoms with Gasteiger partial charge in [-0.1, -0.05) is 30.7 Å². The Balaban J connectivity index is 1.72. The number of hydrogen-bond acceptors (Lipinski definition) is 3. The number of ether oxygens (including phenoxy) is 2. The van der Waals surface area contributed by atoms with Crippen molar-refractivity contribution in [2.24, 2.45) is 0 Å². The molecule has 0 spiro atoms. The third kappa shape index (κ3) is 4.69. The molecule has 1 amide bonds. The van der Waals surface area contributed by atoms with Crippen molar-refractivity contribution in [3.05, 3.63) is 64.3 Å². The summed E-state index contributed by atoms with van der Waals surface area (Å²) in [6, 6.07) is 13.5. The summed E-state index contributed by atoms with van der Waals surface area (Å²) in [4.78, 5) is 18.5. The van der Waals surface area contributed by atoms with E-state index in [-0.39, 0.29) is 18.2 Å². The molecule has 2 unspecified atom stereocenters. The Morgan fingerprint density at radius 3 is 2.75 bits per heavy atom. The van der Waals surface area contributed by atoms with Crippen LogP contribution in [0.25, 0.3) is 10.9 Å². The summed E-state index contributed by atoms with van der Waals surface area (Å²) in [5.74, 6) is 1.35. The van der Waals surface area contributed by atoms with Gasteiger partial charge in [0, 0.05) is 34.0 Å². The number of halogens is 2. The van der Waals surface area contributed by atoms with Crippen molar-refractivity contribution in [1.29, 1.82) is 0 Å². The van der Waals surface area contributed by atoms with Crippen LogP contribution < -0.4 is 4.74 Å². The van der Waals surface area contributed by atoms with Crippen molar-refractivity contribution < 1.29 is 14.3 Å². The van der Waals surface area contributed by atoms with Gasteiger partial charge in [0.1, 0.15) is 17.9 Å². The summed E-state index contributed by atoms with van der Waals surface area (Å²) in [6.45, 7) is 5.07. The van der Waals surface area contributed by atoms with Gasteiger partial charge in [-0.3, -0.25) is 4.90 Å². The number of alkyl halides is 1. The second-order valence-corrected chi connectivity index (χ2v) is 8.93. The van der Waals surface area contributed by atoms with Gasteiger partial charge in [-0.2, -0.15) is 0 Å². The lowest BCUT2D eigenvalue weighted by atomic mass is 9.92. The van der Waals surface area contributed by atoms with Crippen LogP contribution in [-0.4, -0.2) is 41.1 Å². The molecule has 1 aliphatic heterocycles. The van der Waals surface area contributed by atoms with Gasteiger partial charge in [0.15, 0.2) is 0 Å². The summed E-state index contributed by atoms with van der Waals surface area (Å²) in [6.07, 6.45) is 1.87. The van der Waals surface area contributed by atoms with Gasteiger partial charge in [-0.25, -0.2) is 4.79 Å². The van der Waals surface area contributed by atoms with Crippen molar-refractivity contribution in [3.63, 3.8) is 0 Å². The second-order valence-electron chi connectivity index (χ2n) is 8.12. The topological polar surface area (TPSA) is 54.6 Å². The maximum atomic E-state index is 13.1. The Labute approximate surface area is 198 Å². The molecule has 0 bridgehead atoms. The number of hydrogen-bond donors (Lipinski definition) is 1. The first-order valence-corrected chi connectivity index (χ1v) is 12.0. The standard InChI is InChI=1S/C25H28Cl2N2O3/c1-3-16(2)32-25(30)29-13-11-20-21-15-18(27)7-10-22(21)28-23(20)24(29)17-5-8-19(9-6-17)31-14-4-12-26/h5-10,15-16,24,28H,3-4,11-14H2,1-2H3. The molecule has 1 aliphatic rings. The molecule has 0 aliphatic carbocycles. The largest absolute Gasteiger partial charge is 0.494 e. The van der Waals surface area contributed by atoms with E-state index < -0.39 is 0 Å². The van der Waals surface area contributed by atoms with E-state index in [1.54, 1.807) is 0 Å². The fourth-order valence-electron chi connectivity index (χ4n) is 4.12. The molecule has 2 heterocycles. The molecule has 0 saturated carbocycles. The third-order valence-corrected chi connectivity index (χ3v) is 6.45. The smallest absolute Gasteiger partial charge is 0.410 e. The van der Waals surface area contributed by atoms with Gasteiger partial charge in [0.05, 0.1) is 6.61 Å². The Morgan fingerprint density at radius 2 is 2.03 bits per heavy atom. The number of fused-ring (bicyclic) bond motifs is 3. The quantitative estimate of drug-likeness (QED) is 0.305. The molecule has 1 aromatic heterocycles. The lowest BCUT2D eigenvalue weighted by Gasteiger charge is -2.36. The number of aromatic nitrogens is 1. The Bertz CT molecular complexity index is 1080. The highest BCUT2D eigenvalue weighted by molar-refractivity contribution is 6.31. The number of carbonyl (C=O) groups is 1. The summed E-state index contributed by atoms with van der Waals surface area (Å²) in [5.41, 5.74) is 4.21. The fourth-order valence-corrected chi connectivity index (χ4v) is 4.40. The van der Waals surface area contributed by atoms with E-state index in [0.29, 0.717) is 24.1 Å². The first-order valence-electron chi connectivity index (χ1n) is 11.1. The molecule has 3 aromatic rings. The van der Waals surface area contributed by atoms with Crippen molar-refractivity contribution in [3.8, 4) is 5.75 Å². The van der Waals surface area contributed by atoms with Crippen LogP contribution >= 0.6 is 23.2 Å². The summed E-state index contributed by atoms with van der Waals surface area (Å²) in [5, 5.41) is 1.81. The van der Waals surface area contributed by atoms with Crippen molar-refractivity contribution in [2.75, 3.05) is 19.0 Å². The maximum absolute atomic E-state index is 13.1. The zero-order chi connectivity index (χ0) is 22.7. The number of amides is 1. The molecule has 0 radical (unpaired) electrons. The third-order valence-electron chi connectivity index (χ3n) is 5.94. The minimum Gasteiger partial charge on any atom is -0.494 e. The molecular formula is C25H28Cl2N2O3. The van der Waals surface area contributed by atoms with Crippen LogP contribution in [-0.2, 0) is 11.2 Å². The van der Waals surface area contributed by atoms with E-state index in [1.165, 1.54) is 5.56 Å². The van der Waals surface area contributed by atoms with Gasteiger partial charge >= 0.3 is 6.09 Å². The van der Waals surface area contributed by atoms with Gasteiger partial charge in [-0.05, 0) is 67.6 Å². The summed E-state index contributed by atoms with van der Waals surface area (Å²) < 4.78 is 11.5. The number of aromatic amines is 1. The molecule has 0 saturated heterocycles. The van der Waals surface area contributed by atoms with Crippen LogP contribution in [0.15, 0.2) is 42.5 Å². The monoisotopic (exact) mass is 474 g/mol. The predicted octanol–water partition coefficient (Wildman–Crippen LogP) is 6.71. The number of H-pyrrole nitrogens is 1. The van der Waals surface area contributed by atoms with Crippen LogP contribution in [0, 0.1) is 0 Å². The average Bonchev–Trinajstić information content (AvgIpc) is 3.17. The molecule has 1 N–H and O–H groups in total. The lowest BCUT2D eigenvalue weighted by Crippen LogP contribution is -2.41. The van der Waals surface area contributed by atoms with E-state index in [0.717, 1.165) is 47.2 Å². The Hall–Kier alpha value is -2.37. The van der Waals surface area contributed by atoms with E-state index in [4.69, 9.17) is 32.7 Å².